The Kier molecular flexibility index (Phi) is 1.55. The van der Waals surface area contributed by atoms with Crippen LogP contribution in [0.25, 0.3) is 11.1 Å². The Morgan fingerprint density at radius 2 is 2.31 bits per heavy atom. The molecule has 4 nitrogen and oxygen atoms in total. The number of rotatable bonds is 0. The van der Waals surface area contributed by atoms with Crippen LogP contribution in [-0.2, 0) is 0 Å². The molecule has 66 valence electrons. The molecular weight excluding hydrogens is 170 g/mol. The van der Waals surface area contributed by atoms with Crippen molar-refractivity contribution in [2.45, 2.75) is 6.92 Å². The van der Waals surface area contributed by atoms with E-state index in [0.29, 0.717) is 11.1 Å². The number of pyridine rings is 1. The van der Waals surface area contributed by atoms with Gasteiger partial charge in [0.25, 0.3) is 0 Å². The maximum absolute atomic E-state index is 11.1. The first kappa shape index (κ1) is 7.79. The summed E-state index contributed by atoms with van der Waals surface area (Å²) in [4.78, 5) is 15.0. The van der Waals surface area contributed by atoms with Crippen molar-refractivity contribution in [3.05, 3.63) is 34.3 Å². The molecule has 0 aromatic carbocycles. The molecule has 0 unspecified atom stereocenters. The van der Waals surface area contributed by atoms with Gasteiger partial charge in [-0.3, -0.25) is 0 Å². The van der Waals surface area contributed by atoms with Gasteiger partial charge < -0.3 is 9.52 Å². The molecule has 2 heterocycles. The van der Waals surface area contributed by atoms with Crippen LogP contribution in [0.15, 0.2) is 27.5 Å². The van der Waals surface area contributed by atoms with Crippen molar-refractivity contribution in [1.82, 2.24) is 4.98 Å². The number of aromatic hydroxyl groups is 1. The van der Waals surface area contributed by atoms with E-state index in [1.54, 1.807) is 12.1 Å². The van der Waals surface area contributed by atoms with E-state index < -0.39 is 5.63 Å². The summed E-state index contributed by atoms with van der Waals surface area (Å²) in [6.45, 7) is 1.50. The van der Waals surface area contributed by atoms with Gasteiger partial charge in [0.2, 0.25) is 0 Å². The molecule has 0 radical (unpaired) electrons. The molecule has 0 amide bonds. The number of aromatic nitrogens is 1. The highest BCUT2D eigenvalue weighted by Crippen LogP contribution is 2.22. The molecule has 0 spiro atoms. The zero-order valence-electron chi connectivity index (χ0n) is 6.94. The topological polar surface area (TPSA) is 63.3 Å². The molecule has 0 saturated heterocycles. The standard InChI is InChI=1S/C9H7NO3/c1-5-8(11)7-6(13-9(5)12)3-2-4-10-7/h2-4,11H,1H3. The Hall–Kier alpha value is -1.84. The van der Waals surface area contributed by atoms with Crippen LogP contribution in [0.2, 0.25) is 0 Å². The van der Waals surface area contributed by atoms with Gasteiger partial charge in [0.1, 0.15) is 5.52 Å². The molecule has 2 aromatic heterocycles. The number of hydrogen-bond donors (Lipinski definition) is 1. The largest absolute Gasteiger partial charge is 0.505 e. The lowest BCUT2D eigenvalue weighted by Gasteiger charge is -1.99. The lowest BCUT2D eigenvalue weighted by Crippen LogP contribution is -2.03. The lowest BCUT2D eigenvalue weighted by molar-refractivity contribution is 0.459. The average Bonchev–Trinajstić information content (AvgIpc) is 2.15. The van der Waals surface area contributed by atoms with Crippen molar-refractivity contribution in [2.24, 2.45) is 0 Å². The van der Waals surface area contributed by atoms with Gasteiger partial charge in [-0.1, -0.05) is 0 Å². The quantitative estimate of drug-likeness (QED) is 0.656. The summed E-state index contributed by atoms with van der Waals surface area (Å²) >= 11 is 0. The SMILES string of the molecule is Cc1c(O)c2ncccc2oc1=O. The van der Waals surface area contributed by atoms with Gasteiger partial charge >= 0.3 is 5.63 Å². The molecule has 0 atom stereocenters. The molecule has 13 heavy (non-hydrogen) atoms. The van der Waals surface area contributed by atoms with Gasteiger partial charge in [0.15, 0.2) is 11.3 Å². The summed E-state index contributed by atoms with van der Waals surface area (Å²) in [6, 6.07) is 3.23. The lowest BCUT2D eigenvalue weighted by atomic mass is 10.2. The smallest absolute Gasteiger partial charge is 0.343 e. The zero-order chi connectivity index (χ0) is 9.42. The summed E-state index contributed by atoms with van der Waals surface area (Å²) in [5.74, 6) is -0.105. The third-order valence-corrected chi connectivity index (χ3v) is 1.86. The van der Waals surface area contributed by atoms with E-state index >= 15 is 0 Å². The summed E-state index contributed by atoms with van der Waals surface area (Å²) < 4.78 is 4.90. The van der Waals surface area contributed by atoms with Gasteiger partial charge in [-0.05, 0) is 19.1 Å². The number of nitrogens with zero attached hydrogens (tertiary/aromatic N) is 1. The first-order chi connectivity index (χ1) is 6.20. The third kappa shape index (κ3) is 1.07. The molecule has 4 heteroatoms. The second-order valence-electron chi connectivity index (χ2n) is 2.71. The molecule has 0 bridgehead atoms. The number of fused-ring (bicyclic) bond motifs is 1. The van der Waals surface area contributed by atoms with Gasteiger partial charge in [0, 0.05) is 6.20 Å². The molecule has 2 aromatic rings. The predicted octanol–water partition coefficient (Wildman–Crippen LogP) is 1.20. The van der Waals surface area contributed by atoms with Gasteiger partial charge in [-0.15, -0.1) is 0 Å². The van der Waals surface area contributed by atoms with E-state index in [9.17, 15) is 9.90 Å². The first-order valence-corrected chi connectivity index (χ1v) is 3.77. The molecule has 0 aliphatic carbocycles. The summed E-state index contributed by atoms with van der Waals surface area (Å²) in [7, 11) is 0. The minimum atomic E-state index is -0.530. The summed E-state index contributed by atoms with van der Waals surface area (Å²) in [6.07, 6.45) is 1.53. The molecule has 0 aliphatic rings. The first-order valence-electron chi connectivity index (χ1n) is 3.77. The minimum absolute atomic E-state index is 0.105. The fourth-order valence-electron chi connectivity index (χ4n) is 1.10. The van der Waals surface area contributed by atoms with E-state index in [-0.39, 0.29) is 11.3 Å². The Bertz CT molecular complexity index is 516. The van der Waals surface area contributed by atoms with Gasteiger partial charge in [-0.2, -0.15) is 0 Å². The van der Waals surface area contributed by atoms with E-state index in [2.05, 4.69) is 4.98 Å². The Morgan fingerprint density at radius 1 is 1.54 bits per heavy atom. The molecule has 0 saturated carbocycles. The van der Waals surface area contributed by atoms with E-state index in [1.807, 2.05) is 0 Å². The Balaban J connectivity index is 3.02. The van der Waals surface area contributed by atoms with Crippen LogP contribution in [0.3, 0.4) is 0 Å². The second kappa shape index (κ2) is 2.58. The van der Waals surface area contributed by atoms with Crippen molar-refractivity contribution < 1.29 is 9.52 Å². The summed E-state index contributed by atoms with van der Waals surface area (Å²) in [5, 5.41) is 9.52. The highest BCUT2D eigenvalue weighted by molar-refractivity contribution is 5.79. The van der Waals surface area contributed by atoms with Crippen molar-refractivity contribution in [3.63, 3.8) is 0 Å². The third-order valence-electron chi connectivity index (χ3n) is 1.86. The van der Waals surface area contributed by atoms with E-state index in [0.717, 1.165) is 0 Å². The monoisotopic (exact) mass is 177 g/mol. The highest BCUT2D eigenvalue weighted by atomic mass is 16.4. The normalized spacial score (nSPS) is 10.5. The Morgan fingerprint density at radius 3 is 3.08 bits per heavy atom. The molecule has 0 aliphatic heterocycles. The second-order valence-corrected chi connectivity index (χ2v) is 2.71. The molecule has 0 fully saturated rings. The van der Waals surface area contributed by atoms with E-state index in [4.69, 9.17) is 4.42 Å². The van der Waals surface area contributed by atoms with Crippen LogP contribution in [0.5, 0.6) is 5.75 Å². The van der Waals surface area contributed by atoms with Crippen LogP contribution in [-0.4, -0.2) is 10.1 Å². The highest BCUT2D eigenvalue weighted by Gasteiger charge is 2.09. The van der Waals surface area contributed by atoms with Gasteiger partial charge in [-0.25, -0.2) is 9.78 Å². The van der Waals surface area contributed by atoms with Crippen LogP contribution in [0.1, 0.15) is 5.56 Å². The molecular formula is C9H7NO3. The fourth-order valence-corrected chi connectivity index (χ4v) is 1.10. The Labute approximate surface area is 73.5 Å². The van der Waals surface area contributed by atoms with Crippen LogP contribution < -0.4 is 5.63 Å². The predicted molar refractivity (Wildman–Crippen MR) is 46.7 cm³/mol. The minimum Gasteiger partial charge on any atom is -0.505 e. The van der Waals surface area contributed by atoms with Crippen molar-refractivity contribution >= 4 is 11.1 Å². The zero-order valence-corrected chi connectivity index (χ0v) is 6.94. The fraction of sp³-hybridized carbons (Fsp3) is 0.111. The van der Waals surface area contributed by atoms with Crippen LogP contribution >= 0.6 is 0 Å². The van der Waals surface area contributed by atoms with Crippen LogP contribution in [0.4, 0.5) is 0 Å². The maximum Gasteiger partial charge on any atom is 0.343 e. The number of hydrogen-bond acceptors (Lipinski definition) is 4. The maximum atomic E-state index is 11.1. The van der Waals surface area contributed by atoms with E-state index in [1.165, 1.54) is 13.1 Å². The summed E-state index contributed by atoms with van der Waals surface area (Å²) in [5.41, 5.74) is 0.277. The van der Waals surface area contributed by atoms with Crippen molar-refractivity contribution in [1.29, 1.82) is 0 Å². The van der Waals surface area contributed by atoms with Gasteiger partial charge in [0.05, 0.1) is 5.56 Å². The van der Waals surface area contributed by atoms with Crippen molar-refractivity contribution in [3.8, 4) is 5.75 Å². The van der Waals surface area contributed by atoms with Crippen LogP contribution in [0, 0.1) is 6.92 Å². The van der Waals surface area contributed by atoms with Crippen molar-refractivity contribution in [2.75, 3.05) is 0 Å². The average molecular weight is 177 g/mol. The molecule has 1 N–H and O–H groups in total. The molecule has 2 rings (SSSR count).